The van der Waals surface area contributed by atoms with Gasteiger partial charge < -0.3 is 24.7 Å². The van der Waals surface area contributed by atoms with E-state index in [0.29, 0.717) is 28.7 Å². The first-order valence-corrected chi connectivity index (χ1v) is 18.3. The molecule has 12 nitrogen and oxygen atoms in total. The Balaban J connectivity index is 0.000000155. The number of amides is 1. The molecule has 0 aliphatic rings. The van der Waals surface area contributed by atoms with Crippen molar-refractivity contribution in [3.63, 3.8) is 0 Å². The summed E-state index contributed by atoms with van der Waals surface area (Å²) >= 11 is 8.12. The fraction of sp³-hybridized carbons (Fsp3) is 0.0500. The van der Waals surface area contributed by atoms with Crippen molar-refractivity contribution in [1.29, 1.82) is 0 Å². The van der Waals surface area contributed by atoms with Crippen molar-refractivity contribution in [3.05, 3.63) is 134 Å². The number of ether oxygens (including phenoxy) is 4. The second-order valence-corrected chi connectivity index (χ2v) is 13.4. The zero-order valence-electron chi connectivity index (χ0n) is 29.2. The fourth-order valence-corrected chi connectivity index (χ4v) is 6.92. The summed E-state index contributed by atoms with van der Waals surface area (Å²) in [7, 11) is 3.14. The first-order chi connectivity index (χ1) is 26.8. The third kappa shape index (κ3) is 10.3. The van der Waals surface area contributed by atoms with E-state index in [-0.39, 0.29) is 0 Å². The van der Waals surface area contributed by atoms with Crippen LogP contribution < -0.4 is 30.0 Å². The molecule has 8 aromatic rings. The van der Waals surface area contributed by atoms with Crippen molar-refractivity contribution in [3.8, 4) is 44.1 Å². The molecule has 0 unspecified atom stereocenters. The lowest BCUT2D eigenvalue weighted by molar-refractivity contribution is 0.215. The lowest BCUT2D eigenvalue weighted by Crippen LogP contribution is -2.17. The number of anilines is 2. The van der Waals surface area contributed by atoms with Crippen molar-refractivity contribution in [1.82, 2.24) is 19.9 Å². The van der Waals surface area contributed by atoms with Gasteiger partial charge in [-0.1, -0.05) is 24.3 Å². The number of aromatic nitrogens is 4. The molecule has 1 amide bonds. The number of carbonyl (C=O) groups is 2. The smallest absolute Gasteiger partial charge is 0.417 e. The molecular weight excluding hydrogens is 760 g/mol. The van der Waals surface area contributed by atoms with E-state index in [1.54, 1.807) is 92.7 Å². The Morgan fingerprint density at radius 2 is 1.09 bits per heavy atom. The number of fused-ring (bicyclic) bond motifs is 2. The SMILES string of the molecule is COc1ccc(OC(=O)Cl)cc1.COc1ccc(OC(=O)Nc2ccccc2-c2nc3ccncc3s2)cc1.Nc1ccccc1-c1nc2ccncc2s1. The largest absolute Gasteiger partial charge is 0.497 e. The minimum Gasteiger partial charge on any atom is -0.497 e. The quantitative estimate of drug-likeness (QED) is 0.117. The fourth-order valence-electron chi connectivity index (χ4n) is 4.88. The molecule has 0 radical (unpaired) electrons. The third-order valence-corrected chi connectivity index (χ3v) is 9.65. The molecule has 0 saturated heterocycles. The summed E-state index contributed by atoms with van der Waals surface area (Å²) in [5, 5.41) is 4.54. The third-order valence-electron chi connectivity index (χ3n) is 7.50. The topological polar surface area (TPSA) is 161 Å². The predicted molar refractivity (Wildman–Crippen MR) is 218 cm³/mol. The number of hydrogen-bond donors (Lipinski definition) is 2. The van der Waals surface area contributed by atoms with Gasteiger partial charge in [0.1, 0.15) is 33.0 Å². The molecule has 0 spiro atoms. The van der Waals surface area contributed by atoms with Gasteiger partial charge in [-0.25, -0.2) is 19.6 Å². The number of nitrogens with zero attached hydrogens (tertiary/aromatic N) is 4. The summed E-state index contributed by atoms with van der Waals surface area (Å²) < 4.78 is 22.0. The van der Waals surface area contributed by atoms with Crippen LogP contribution in [0.25, 0.3) is 41.6 Å². The Bertz CT molecular complexity index is 2460. The number of pyridine rings is 2. The van der Waals surface area contributed by atoms with Crippen LogP contribution in [-0.4, -0.2) is 45.7 Å². The average molecular weight is 791 g/mol. The minimum absolute atomic E-state index is 0.399. The molecule has 3 N–H and O–H groups in total. The van der Waals surface area contributed by atoms with Gasteiger partial charge in [-0.2, -0.15) is 0 Å². The standard InChI is InChI=1S/C20H15N3O3S.C12H9N3S.C8H7ClO3/c1-25-13-6-8-14(9-7-13)26-20(24)23-16-5-3-2-4-15(16)19-22-17-10-11-21-12-18(17)27-19;13-9-4-2-1-3-8(9)12-15-10-5-6-14-7-11(10)16-12;1-11-6-2-4-7(5-3-6)12-8(9)10/h2-12H,1H3,(H,23,24);1-7H,13H2;2-5H,1H3. The van der Waals surface area contributed by atoms with Crippen LogP contribution in [0.2, 0.25) is 0 Å². The van der Waals surface area contributed by atoms with E-state index in [0.717, 1.165) is 47.3 Å². The first-order valence-electron chi connectivity index (χ1n) is 16.3. The van der Waals surface area contributed by atoms with Crippen LogP contribution in [-0.2, 0) is 0 Å². The van der Waals surface area contributed by atoms with E-state index in [9.17, 15) is 9.59 Å². The van der Waals surface area contributed by atoms with E-state index >= 15 is 0 Å². The van der Waals surface area contributed by atoms with Gasteiger partial charge >= 0.3 is 11.5 Å². The van der Waals surface area contributed by atoms with Crippen LogP contribution in [0, 0.1) is 0 Å². The van der Waals surface area contributed by atoms with Crippen molar-refractivity contribution < 1.29 is 28.5 Å². The highest BCUT2D eigenvalue weighted by atomic mass is 35.5. The second-order valence-electron chi connectivity index (χ2n) is 11.1. The van der Waals surface area contributed by atoms with Crippen LogP contribution in [0.5, 0.6) is 23.0 Å². The van der Waals surface area contributed by atoms with E-state index in [1.165, 1.54) is 11.3 Å². The number of thiazole rings is 2. The molecule has 0 bridgehead atoms. The molecule has 4 aromatic carbocycles. The Morgan fingerprint density at radius 3 is 1.60 bits per heavy atom. The van der Waals surface area contributed by atoms with Gasteiger partial charge in [0.05, 0.1) is 40.3 Å². The molecule has 0 fully saturated rings. The van der Waals surface area contributed by atoms with Gasteiger partial charge in [-0.15, -0.1) is 22.7 Å². The number of nitrogens with one attached hydrogen (secondary N) is 1. The maximum Gasteiger partial charge on any atom is 0.417 e. The van der Waals surface area contributed by atoms with Gasteiger partial charge in [-0.05, 0) is 84.9 Å². The molecule has 0 aliphatic carbocycles. The molecule has 15 heteroatoms. The number of halogens is 1. The molecule has 4 heterocycles. The predicted octanol–water partition coefficient (Wildman–Crippen LogP) is 10.4. The number of carbonyl (C=O) groups excluding carboxylic acids is 2. The average Bonchev–Trinajstić information content (AvgIpc) is 3.84. The maximum atomic E-state index is 12.3. The van der Waals surface area contributed by atoms with Crippen LogP contribution in [0.15, 0.2) is 134 Å². The van der Waals surface area contributed by atoms with E-state index in [1.807, 2.05) is 66.9 Å². The molecule has 55 heavy (non-hydrogen) atoms. The minimum atomic E-state index is -0.847. The highest BCUT2D eigenvalue weighted by Crippen LogP contribution is 2.35. The Kier molecular flexibility index (Phi) is 12.8. The molecule has 0 aliphatic heterocycles. The molecule has 0 atom stereocenters. The van der Waals surface area contributed by atoms with E-state index in [4.69, 9.17) is 31.5 Å². The summed E-state index contributed by atoms with van der Waals surface area (Å²) in [6, 6.07) is 32.4. The zero-order valence-corrected chi connectivity index (χ0v) is 31.6. The van der Waals surface area contributed by atoms with Crippen molar-refractivity contribution in [2.45, 2.75) is 0 Å². The van der Waals surface area contributed by atoms with E-state index < -0.39 is 11.5 Å². The van der Waals surface area contributed by atoms with Crippen molar-refractivity contribution in [2.24, 2.45) is 0 Å². The summed E-state index contributed by atoms with van der Waals surface area (Å²) in [4.78, 5) is 40.0. The number of benzene rings is 4. The van der Waals surface area contributed by atoms with Crippen molar-refractivity contribution in [2.75, 3.05) is 25.3 Å². The lowest BCUT2D eigenvalue weighted by Gasteiger charge is -2.10. The highest BCUT2D eigenvalue weighted by molar-refractivity contribution is 7.22. The number of para-hydroxylation sites is 2. The summed E-state index contributed by atoms with van der Waals surface area (Å²) in [6.07, 6.45) is 6.50. The van der Waals surface area contributed by atoms with Gasteiger partial charge in [0, 0.05) is 53.2 Å². The monoisotopic (exact) mass is 790 g/mol. The zero-order chi connectivity index (χ0) is 38.6. The number of methoxy groups -OCH3 is 2. The van der Waals surface area contributed by atoms with Crippen LogP contribution in [0.1, 0.15) is 0 Å². The molecule has 276 valence electrons. The Hall–Kier alpha value is -6.61. The van der Waals surface area contributed by atoms with Crippen LogP contribution in [0.4, 0.5) is 21.0 Å². The lowest BCUT2D eigenvalue weighted by atomic mass is 10.2. The maximum absolute atomic E-state index is 12.3. The number of nitrogen functional groups attached to an aromatic ring is 1. The molecule has 0 saturated carbocycles. The number of rotatable bonds is 7. The Morgan fingerprint density at radius 1 is 0.618 bits per heavy atom. The molecule has 4 aromatic heterocycles. The summed E-state index contributed by atoms with van der Waals surface area (Å²) in [5.41, 5.74) is 10.1. The summed E-state index contributed by atoms with van der Waals surface area (Å²) in [6.45, 7) is 0. The highest BCUT2D eigenvalue weighted by Gasteiger charge is 2.14. The van der Waals surface area contributed by atoms with Gasteiger partial charge in [0.2, 0.25) is 0 Å². The van der Waals surface area contributed by atoms with Gasteiger partial charge in [0.15, 0.2) is 0 Å². The second kappa shape index (κ2) is 18.4. The Labute approximate surface area is 328 Å². The van der Waals surface area contributed by atoms with Crippen LogP contribution >= 0.6 is 34.3 Å². The summed E-state index contributed by atoms with van der Waals surface area (Å²) in [5.74, 6) is 2.22. The number of nitrogens with two attached hydrogens (primary N) is 1. The first kappa shape index (κ1) is 38.1. The van der Waals surface area contributed by atoms with Gasteiger partial charge in [0.25, 0.3) is 0 Å². The number of hydrogen-bond acceptors (Lipinski definition) is 13. The normalized spacial score (nSPS) is 10.3. The molecule has 8 rings (SSSR count). The van der Waals surface area contributed by atoms with Crippen LogP contribution in [0.3, 0.4) is 0 Å². The van der Waals surface area contributed by atoms with Gasteiger partial charge in [-0.3, -0.25) is 15.3 Å². The molecular formula is C40H31ClN6O6S2. The van der Waals surface area contributed by atoms with E-state index in [2.05, 4.69) is 30.0 Å². The van der Waals surface area contributed by atoms with Crippen molar-refractivity contribution >= 4 is 77.6 Å².